The zero-order valence-electron chi connectivity index (χ0n) is 9.11. The fourth-order valence-electron chi connectivity index (χ4n) is 1.65. The summed E-state index contributed by atoms with van der Waals surface area (Å²) in [6, 6.07) is 5.21. The molecule has 86 valence electrons. The van der Waals surface area contributed by atoms with Crippen molar-refractivity contribution in [3.8, 4) is 0 Å². The number of amides is 1. The molecule has 16 heavy (non-hydrogen) atoms. The van der Waals surface area contributed by atoms with Crippen LogP contribution in [0.1, 0.15) is 23.2 Å². The molecule has 0 atom stereocenters. The van der Waals surface area contributed by atoms with E-state index in [-0.39, 0.29) is 5.91 Å². The molecule has 0 spiro atoms. The summed E-state index contributed by atoms with van der Waals surface area (Å²) in [7, 11) is 1.82. The average molecular weight is 256 g/mol. The van der Waals surface area contributed by atoms with Gasteiger partial charge in [-0.25, -0.2) is 0 Å². The first-order valence-electron chi connectivity index (χ1n) is 5.32. The molecular weight excluding hydrogens is 242 g/mol. The summed E-state index contributed by atoms with van der Waals surface area (Å²) in [5.41, 5.74) is 0.539. The van der Waals surface area contributed by atoms with E-state index in [4.69, 9.17) is 11.6 Å². The summed E-state index contributed by atoms with van der Waals surface area (Å²) in [5.74, 6) is 0.666. The highest BCUT2D eigenvalue weighted by atomic mass is 35.5. The van der Waals surface area contributed by atoms with Gasteiger partial charge in [-0.05, 0) is 37.0 Å². The normalized spacial score (nSPS) is 14.9. The third-order valence-electron chi connectivity index (χ3n) is 2.76. The smallest absolute Gasteiger partial charge is 0.255 e. The van der Waals surface area contributed by atoms with Crippen LogP contribution in [0.3, 0.4) is 0 Å². The van der Waals surface area contributed by atoms with E-state index in [2.05, 4.69) is 12.6 Å². The monoisotopic (exact) mass is 255 g/mol. The first-order valence-corrected chi connectivity index (χ1v) is 6.14. The molecule has 0 saturated heterocycles. The Balaban J connectivity index is 2.14. The number of halogens is 1. The quantitative estimate of drug-likeness (QED) is 0.823. The molecule has 1 aliphatic carbocycles. The van der Waals surface area contributed by atoms with Crippen LogP contribution in [0.4, 0.5) is 0 Å². The van der Waals surface area contributed by atoms with E-state index >= 15 is 0 Å². The predicted molar refractivity (Wildman–Crippen MR) is 68.4 cm³/mol. The Hall–Kier alpha value is -0.670. The minimum absolute atomic E-state index is 0.0206. The largest absolute Gasteiger partial charge is 0.341 e. The van der Waals surface area contributed by atoms with Gasteiger partial charge in [0.05, 0.1) is 10.6 Å². The highest BCUT2D eigenvalue weighted by Gasteiger charge is 2.25. The van der Waals surface area contributed by atoms with E-state index in [1.165, 1.54) is 12.8 Å². The van der Waals surface area contributed by atoms with Crippen molar-refractivity contribution in [2.24, 2.45) is 5.92 Å². The number of rotatable bonds is 3. The van der Waals surface area contributed by atoms with Gasteiger partial charge in [-0.15, -0.1) is 12.6 Å². The Morgan fingerprint density at radius 2 is 2.25 bits per heavy atom. The molecule has 0 N–H and O–H groups in total. The topological polar surface area (TPSA) is 20.3 Å². The van der Waals surface area contributed by atoms with Crippen molar-refractivity contribution >= 4 is 30.1 Å². The standard InChI is InChI=1S/C12H14ClNOS/c1-14(7-8-2-3-8)12(15)10-6-9(16)4-5-11(10)13/h4-6,8,16H,2-3,7H2,1H3. The Kier molecular flexibility index (Phi) is 3.45. The van der Waals surface area contributed by atoms with E-state index in [0.717, 1.165) is 11.4 Å². The first kappa shape index (κ1) is 11.8. The van der Waals surface area contributed by atoms with E-state index in [1.807, 2.05) is 7.05 Å². The van der Waals surface area contributed by atoms with Crippen LogP contribution in [0, 0.1) is 5.92 Å². The second kappa shape index (κ2) is 4.68. The summed E-state index contributed by atoms with van der Waals surface area (Å²) < 4.78 is 0. The molecule has 2 nitrogen and oxygen atoms in total. The maximum absolute atomic E-state index is 12.1. The molecule has 0 aromatic heterocycles. The number of hydrogen-bond donors (Lipinski definition) is 1. The second-order valence-corrected chi connectivity index (χ2v) is 5.22. The van der Waals surface area contributed by atoms with E-state index < -0.39 is 0 Å². The fraction of sp³-hybridized carbons (Fsp3) is 0.417. The number of benzene rings is 1. The molecule has 1 saturated carbocycles. The average Bonchev–Trinajstić information content (AvgIpc) is 3.04. The number of nitrogens with zero attached hydrogens (tertiary/aromatic N) is 1. The zero-order chi connectivity index (χ0) is 11.7. The minimum Gasteiger partial charge on any atom is -0.341 e. The van der Waals surface area contributed by atoms with Crippen molar-refractivity contribution in [2.45, 2.75) is 17.7 Å². The van der Waals surface area contributed by atoms with E-state index in [1.54, 1.807) is 23.1 Å². The van der Waals surface area contributed by atoms with Gasteiger partial charge >= 0.3 is 0 Å². The molecule has 1 amide bonds. The van der Waals surface area contributed by atoms with Crippen molar-refractivity contribution in [3.05, 3.63) is 28.8 Å². The fourth-order valence-corrected chi connectivity index (χ4v) is 2.06. The summed E-state index contributed by atoms with van der Waals surface area (Å²) in [5, 5.41) is 0.491. The van der Waals surface area contributed by atoms with Gasteiger partial charge in [-0.1, -0.05) is 11.6 Å². The van der Waals surface area contributed by atoms with Crippen LogP contribution >= 0.6 is 24.2 Å². The van der Waals surface area contributed by atoms with Gasteiger partial charge < -0.3 is 4.90 Å². The van der Waals surface area contributed by atoms with Crippen molar-refractivity contribution in [3.63, 3.8) is 0 Å². The van der Waals surface area contributed by atoms with Crippen LogP contribution in [0.15, 0.2) is 23.1 Å². The maximum atomic E-state index is 12.1. The number of thiol groups is 1. The van der Waals surface area contributed by atoms with Gasteiger partial charge in [0.1, 0.15) is 0 Å². The molecule has 1 fully saturated rings. The molecule has 1 aromatic carbocycles. The summed E-state index contributed by atoms with van der Waals surface area (Å²) in [4.78, 5) is 14.6. The molecule has 2 rings (SSSR count). The van der Waals surface area contributed by atoms with Crippen molar-refractivity contribution in [1.29, 1.82) is 0 Å². The zero-order valence-corrected chi connectivity index (χ0v) is 10.8. The van der Waals surface area contributed by atoms with Crippen LogP contribution < -0.4 is 0 Å². The third kappa shape index (κ3) is 2.71. The van der Waals surface area contributed by atoms with Gasteiger partial charge in [0.2, 0.25) is 0 Å². The number of hydrogen-bond acceptors (Lipinski definition) is 2. The highest BCUT2D eigenvalue weighted by molar-refractivity contribution is 7.80. The van der Waals surface area contributed by atoms with Gasteiger partial charge in [-0.2, -0.15) is 0 Å². The molecule has 0 bridgehead atoms. The van der Waals surface area contributed by atoms with Gasteiger partial charge in [-0.3, -0.25) is 4.79 Å². The summed E-state index contributed by atoms with van der Waals surface area (Å²) in [6.45, 7) is 0.825. The Bertz CT molecular complexity index is 417. The molecule has 1 aliphatic rings. The lowest BCUT2D eigenvalue weighted by atomic mass is 10.2. The third-order valence-corrected chi connectivity index (χ3v) is 3.36. The van der Waals surface area contributed by atoms with Crippen molar-refractivity contribution in [1.82, 2.24) is 4.90 Å². The van der Waals surface area contributed by atoms with Crippen molar-refractivity contribution in [2.75, 3.05) is 13.6 Å². The van der Waals surface area contributed by atoms with Gasteiger partial charge in [0.15, 0.2) is 0 Å². The second-order valence-electron chi connectivity index (χ2n) is 4.29. The van der Waals surface area contributed by atoms with Crippen LogP contribution in [0.5, 0.6) is 0 Å². The Morgan fingerprint density at radius 3 is 2.88 bits per heavy atom. The maximum Gasteiger partial charge on any atom is 0.255 e. The molecule has 0 unspecified atom stereocenters. The molecular formula is C12H14ClNOS. The lowest BCUT2D eigenvalue weighted by Crippen LogP contribution is -2.28. The Morgan fingerprint density at radius 1 is 1.56 bits per heavy atom. The van der Waals surface area contributed by atoms with Gasteiger partial charge in [0.25, 0.3) is 5.91 Å². The summed E-state index contributed by atoms with van der Waals surface area (Å²) in [6.07, 6.45) is 2.47. The van der Waals surface area contributed by atoms with Crippen LogP contribution in [0.2, 0.25) is 5.02 Å². The molecule has 1 aromatic rings. The lowest BCUT2D eigenvalue weighted by molar-refractivity contribution is 0.0788. The van der Waals surface area contributed by atoms with Crippen molar-refractivity contribution < 1.29 is 4.79 Å². The first-order chi connectivity index (χ1) is 7.58. The van der Waals surface area contributed by atoms with Crippen LogP contribution in [0.25, 0.3) is 0 Å². The Labute approximate surface area is 106 Å². The number of carbonyl (C=O) groups is 1. The minimum atomic E-state index is -0.0206. The number of carbonyl (C=O) groups excluding carboxylic acids is 1. The molecule has 0 radical (unpaired) electrons. The lowest BCUT2D eigenvalue weighted by Gasteiger charge is -2.17. The molecule has 0 heterocycles. The predicted octanol–water partition coefficient (Wildman–Crippen LogP) is 3.11. The van der Waals surface area contributed by atoms with E-state index in [9.17, 15) is 4.79 Å². The summed E-state index contributed by atoms with van der Waals surface area (Å²) >= 11 is 10.2. The SMILES string of the molecule is CN(CC1CC1)C(=O)c1cc(S)ccc1Cl. The van der Waals surface area contributed by atoms with E-state index in [0.29, 0.717) is 16.5 Å². The van der Waals surface area contributed by atoms with Crippen LogP contribution in [-0.2, 0) is 0 Å². The highest BCUT2D eigenvalue weighted by Crippen LogP contribution is 2.30. The molecule has 4 heteroatoms. The van der Waals surface area contributed by atoms with Gasteiger partial charge in [0, 0.05) is 18.5 Å². The molecule has 0 aliphatic heterocycles. The van der Waals surface area contributed by atoms with Crippen LogP contribution in [-0.4, -0.2) is 24.4 Å².